The van der Waals surface area contributed by atoms with E-state index < -0.39 is 14.9 Å². The molecule has 2 heterocycles. The fourth-order valence-electron chi connectivity index (χ4n) is 4.27. The van der Waals surface area contributed by atoms with Crippen LogP contribution in [-0.4, -0.2) is 41.6 Å². The molecule has 0 unspecified atom stereocenters. The monoisotopic (exact) mass is 478 g/mol. The number of thiazole rings is 1. The summed E-state index contributed by atoms with van der Waals surface area (Å²) in [6, 6.07) is 3.85. The lowest BCUT2D eigenvalue weighted by molar-refractivity contribution is -0.385. The van der Waals surface area contributed by atoms with E-state index in [2.05, 4.69) is 10.3 Å². The van der Waals surface area contributed by atoms with Gasteiger partial charge in [-0.25, -0.2) is 13.4 Å². The number of aromatic nitrogens is 1. The van der Waals surface area contributed by atoms with E-state index in [9.17, 15) is 23.3 Å². The molecule has 1 aromatic heterocycles. The molecule has 0 spiro atoms. The minimum atomic E-state index is -3.88. The number of sulfonamides is 1. The lowest BCUT2D eigenvalue weighted by atomic mass is 9.97. The van der Waals surface area contributed by atoms with Gasteiger partial charge in [0.1, 0.15) is 0 Å². The van der Waals surface area contributed by atoms with Crippen molar-refractivity contribution in [2.24, 2.45) is 5.92 Å². The maximum absolute atomic E-state index is 13.1. The number of carbonyl (C=O) groups excluding carboxylic acids is 1. The number of nitro groups is 1. The topological polar surface area (TPSA) is 123 Å². The Bertz CT molecular complexity index is 1110. The van der Waals surface area contributed by atoms with Gasteiger partial charge in [-0.2, -0.15) is 4.31 Å². The van der Waals surface area contributed by atoms with Crippen LogP contribution in [-0.2, 0) is 27.7 Å². The number of aryl methyl sites for hydroxylation is 3. The number of non-ortho nitro benzene ring substituents is 1. The van der Waals surface area contributed by atoms with Crippen LogP contribution in [0.2, 0.25) is 0 Å². The maximum Gasteiger partial charge on any atom is 0.270 e. The fourth-order valence-corrected chi connectivity index (χ4v) is 7.03. The van der Waals surface area contributed by atoms with Crippen LogP contribution in [0.5, 0.6) is 0 Å². The number of nitro benzene ring substituents is 1. The van der Waals surface area contributed by atoms with Crippen molar-refractivity contribution < 1.29 is 18.1 Å². The van der Waals surface area contributed by atoms with Crippen LogP contribution in [0.4, 0.5) is 10.8 Å². The number of hydrogen-bond donors (Lipinski definition) is 1. The second-order valence-electron chi connectivity index (χ2n) is 8.32. The number of amides is 1. The van der Waals surface area contributed by atoms with Crippen molar-refractivity contribution in [2.45, 2.75) is 56.8 Å². The molecule has 0 atom stereocenters. The fraction of sp³-hybridized carbons (Fsp3) is 0.524. The number of benzene rings is 1. The molecule has 9 nitrogen and oxygen atoms in total. The molecule has 0 radical (unpaired) electrons. The van der Waals surface area contributed by atoms with Gasteiger partial charge in [-0.3, -0.25) is 14.9 Å². The van der Waals surface area contributed by atoms with Gasteiger partial charge in [0.2, 0.25) is 15.9 Å². The van der Waals surface area contributed by atoms with E-state index in [1.54, 1.807) is 18.3 Å². The summed E-state index contributed by atoms with van der Waals surface area (Å²) in [6.45, 7) is 2.00. The molecule has 1 aliphatic carbocycles. The van der Waals surface area contributed by atoms with Gasteiger partial charge in [0.05, 0.1) is 15.5 Å². The lowest BCUT2D eigenvalue weighted by Gasteiger charge is -2.30. The Balaban J connectivity index is 1.40. The van der Waals surface area contributed by atoms with Gasteiger partial charge < -0.3 is 5.32 Å². The van der Waals surface area contributed by atoms with E-state index in [1.165, 1.54) is 27.7 Å². The Hall–Kier alpha value is -2.37. The van der Waals surface area contributed by atoms with Gasteiger partial charge in [0.25, 0.3) is 5.69 Å². The average molecular weight is 479 g/mol. The first-order valence-corrected chi connectivity index (χ1v) is 13.1. The largest absolute Gasteiger partial charge is 0.302 e. The first kappa shape index (κ1) is 22.8. The van der Waals surface area contributed by atoms with Crippen LogP contribution in [0.15, 0.2) is 23.1 Å². The van der Waals surface area contributed by atoms with Crippen LogP contribution in [0.3, 0.4) is 0 Å². The van der Waals surface area contributed by atoms with Gasteiger partial charge >= 0.3 is 0 Å². The smallest absolute Gasteiger partial charge is 0.270 e. The third-order valence-corrected chi connectivity index (χ3v) is 9.26. The summed E-state index contributed by atoms with van der Waals surface area (Å²) in [5.74, 6) is -0.422. The minimum Gasteiger partial charge on any atom is -0.302 e. The molecule has 0 bridgehead atoms. The Kier molecular flexibility index (Phi) is 6.59. The normalized spacial score (nSPS) is 18.0. The summed E-state index contributed by atoms with van der Waals surface area (Å²) in [7, 11) is -3.88. The summed E-state index contributed by atoms with van der Waals surface area (Å²) in [4.78, 5) is 29.0. The second-order valence-corrected chi connectivity index (χ2v) is 11.3. The molecule has 11 heteroatoms. The molecule has 0 saturated carbocycles. The van der Waals surface area contributed by atoms with Crippen molar-refractivity contribution in [3.63, 3.8) is 0 Å². The standard InChI is InChI=1S/C21H26N4O5S2/c1-14-7-8-16(25(27)28)13-19(14)32(29,30)24-11-9-15(10-12-24)20(26)23-21-22-17-5-3-2-4-6-18(17)31-21/h7-8,13,15H,2-6,9-12H2,1H3,(H,22,23,26). The molecule has 2 aliphatic rings. The number of fused-ring (bicyclic) bond motifs is 1. The van der Waals surface area contributed by atoms with E-state index in [0.717, 1.165) is 37.4 Å². The second kappa shape index (κ2) is 9.24. The molecule has 2 aromatic rings. The summed E-state index contributed by atoms with van der Waals surface area (Å²) in [6.07, 6.45) is 6.24. The third-order valence-electron chi connectivity index (χ3n) is 6.15. The highest BCUT2D eigenvalue weighted by Gasteiger charge is 2.34. The van der Waals surface area contributed by atoms with E-state index in [1.807, 2.05) is 0 Å². The molecule has 1 saturated heterocycles. The Labute approximate surface area is 191 Å². The molecule has 1 N–H and O–H groups in total. The molecule has 172 valence electrons. The maximum atomic E-state index is 13.1. The quantitative estimate of drug-likeness (QED) is 0.397. The van der Waals surface area contributed by atoms with Gasteiger partial charge in [-0.05, 0) is 51.0 Å². The number of anilines is 1. The highest BCUT2D eigenvalue weighted by atomic mass is 32.2. The molecule has 1 fully saturated rings. The number of carbonyl (C=O) groups is 1. The van der Waals surface area contributed by atoms with Crippen LogP contribution < -0.4 is 5.32 Å². The van der Waals surface area contributed by atoms with Gasteiger partial charge in [-0.1, -0.05) is 12.5 Å². The van der Waals surface area contributed by atoms with Gasteiger partial charge in [0, 0.05) is 36.0 Å². The van der Waals surface area contributed by atoms with Crippen molar-refractivity contribution in [3.05, 3.63) is 44.4 Å². The molecule has 4 rings (SSSR count). The first-order chi connectivity index (χ1) is 15.3. The molecular weight excluding hydrogens is 452 g/mol. The molecule has 1 aromatic carbocycles. The van der Waals surface area contributed by atoms with E-state index >= 15 is 0 Å². The highest BCUT2D eigenvalue weighted by molar-refractivity contribution is 7.89. The van der Waals surface area contributed by atoms with E-state index in [-0.39, 0.29) is 35.5 Å². The van der Waals surface area contributed by atoms with Gasteiger partial charge in [0.15, 0.2) is 5.13 Å². The molecule has 1 amide bonds. The summed E-state index contributed by atoms with van der Waals surface area (Å²) < 4.78 is 27.5. The summed E-state index contributed by atoms with van der Waals surface area (Å²) >= 11 is 1.54. The van der Waals surface area contributed by atoms with E-state index in [0.29, 0.717) is 23.5 Å². The van der Waals surface area contributed by atoms with Crippen LogP contribution in [0, 0.1) is 23.0 Å². The van der Waals surface area contributed by atoms with Crippen LogP contribution >= 0.6 is 11.3 Å². The predicted octanol–water partition coefficient (Wildman–Crippen LogP) is 3.67. The van der Waals surface area contributed by atoms with Crippen molar-refractivity contribution in [1.82, 2.24) is 9.29 Å². The molecular formula is C21H26N4O5S2. The molecule has 32 heavy (non-hydrogen) atoms. The van der Waals surface area contributed by atoms with E-state index in [4.69, 9.17) is 0 Å². The lowest BCUT2D eigenvalue weighted by Crippen LogP contribution is -2.41. The number of hydrogen-bond acceptors (Lipinski definition) is 7. The zero-order chi connectivity index (χ0) is 22.9. The van der Waals surface area contributed by atoms with Crippen LogP contribution in [0.25, 0.3) is 0 Å². The molecule has 1 aliphatic heterocycles. The highest BCUT2D eigenvalue weighted by Crippen LogP contribution is 2.31. The van der Waals surface area contributed by atoms with Crippen molar-refractivity contribution >= 4 is 38.1 Å². The third kappa shape index (κ3) is 4.69. The number of rotatable bonds is 5. The number of nitrogens with zero attached hydrogens (tertiary/aromatic N) is 3. The zero-order valence-corrected chi connectivity index (χ0v) is 19.5. The summed E-state index contributed by atoms with van der Waals surface area (Å²) in [5.41, 5.74) is 1.29. The SMILES string of the molecule is Cc1ccc([N+](=O)[O-])cc1S(=O)(=O)N1CCC(C(=O)Nc2nc3c(s2)CCCCC3)CC1. The minimum absolute atomic E-state index is 0.0566. The van der Waals surface area contributed by atoms with Crippen molar-refractivity contribution in [2.75, 3.05) is 18.4 Å². The summed E-state index contributed by atoms with van der Waals surface area (Å²) in [5, 5.41) is 14.6. The Morgan fingerprint density at radius 1 is 1.22 bits per heavy atom. The van der Waals surface area contributed by atoms with Crippen LogP contribution in [0.1, 0.15) is 48.2 Å². The Morgan fingerprint density at radius 2 is 1.94 bits per heavy atom. The predicted molar refractivity (Wildman–Crippen MR) is 121 cm³/mol. The van der Waals surface area contributed by atoms with Crippen molar-refractivity contribution in [3.8, 4) is 0 Å². The Morgan fingerprint density at radius 3 is 2.66 bits per heavy atom. The average Bonchev–Trinajstić information content (AvgIpc) is 3.01. The van der Waals surface area contributed by atoms with Gasteiger partial charge in [-0.15, -0.1) is 11.3 Å². The first-order valence-electron chi connectivity index (χ1n) is 10.8. The zero-order valence-electron chi connectivity index (χ0n) is 17.9. The number of piperidine rings is 1. The number of nitrogens with one attached hydrogen (secondary N) is 1. The van der Waals surface area contributed by atoms with Crippen molar-refractivity contribution in [1.29, 1.82) is 0 Å².